The minimum atomic E-state index is 0.292. The second kappa shape index (κ2) is 4.58. The van der Waals surface area contributed by atoms with E-state index in [0.29, 0.717) is 18.2 Å². The molecule has 0 aliphatic carbocycles. The summed E-state index contributed by atoms with van der Waals surface area (Å²) in [5, 5.41) is 3.33. The van der Waals surface area contributed by atoms with Crippen molar-refractivity contribution in [1.82, 2.24) is 10.2 Å². The highest BCUT2D eigenvalue weighted by molar-refractivity contribution is 5.75. The molecule has 1 rings (SSSR count). The molecular formula is C9H18N2O. The number of Topliss-reactive ketones (excluding diaryl/α,β-unsaturated/α-hetero) is 1. The first-order chi connectivity index (χ1) is 5.70. The van der Waals surface area contributed by atoms with Gasteiger partial charge in [-0.25, -0.2) is 0 Å². The second-order valence-electron chi connectivity index (χ2n) is 3.54. The molecule has 70 valence electrons. The van der Waals surface area contributed by atoms with Crippen molar-refractivity contribution >= 4 is 5.78 Å². The van der Waals surface area contributed by atoms with Crippen molar-refractivity contribution in [3.05, 3.63) is 0 Å². The fourth-order valence-electron chi connectivity index (χ4n) is 1.52. The zero-order chi connectivity index (χ0) is 8.97. The SMILES string of the molecule is CC(=O)CCN1CCNCC1C. The molecule has 3 nitrogen and oxygen atoms in total. The van der Waals surface area contributed by atoms with Gasteiger partial charge in [0.1, 0.15) is 5.78 Å². The van der Waals surface area contributed by atoms with Crippen LogP contribution in [-0.4, -0.2) is 42.9 Å². The molecule has 3 heteroatoms. The number of hydrogen-bond donors (Lipinski definition) is 1. The Kier molecular flexibility index (Phi) is 3.69. The summed E-state index contributed by atoms with van der Waals surface area (Å²) in [5.74, 6) is 0.292. The predicted molar refractivity (Wildman–Crippen MR) is 49.2 cm³/mol. The smallest absolute Gasteiger partial charge is 0.131 e. The van der Waals surface area contributed by atoms with Gasteiger partial charge in [0.25, 0.3) is 0 Å². The summed E-state index contributed by atoms with van der Waals surface area (Å²) in [6.07, 6.45) is 0.699. The van der Waals surface area contributed by atoms with Crippen LogP contribution in [0.1, 0.15) is 20.3 Å². The number of nitrogens with one attached hydrogen (secondary N) is 1. The average molecular weight is 170 g/mol. The molecule has 1 unspecified atom stereocenters. The molecule has 0 saturated carbocycles. The topological polar surface area (TPSA) is 32.3 Å². The van der Waals surface area contributed by atoms with Crippen molar-refractivity contribution < 1.29 is 4.79 Å². The van der Waals surface area contributed by atoms with Gasteiger partial charge < -0.3 is 5.32 Å². The van der Waals surface area contributed by atoms with Crippen molar-refractivity contribution in [2.45, 2.75) is 26.3 Å². The molecule has 1 aliphatic rings. The fourth-order valence-corrected chi connectivity index (χ4v) is 1.52. The van der Waals surface area contributed by atoms with Gasteiger partial charge in [0.05, 0.1) is 0 Å². The largest absolute Gasteiger partial charge is 0.314 e. The van der Waals surface area contributed by atoms with Gasteiger partial charge >= 0.3 is 0 Å². The Hall–Kier alpha value is -0.410. The van der Waals surface area contributed by atoms with Crippen LogP contribution in [0.5, 0.6) is 0 Å². The predicted octanol–water partition coefficient (Wildman–Crippen LogP) is 0.259. The Morgan fingerprint density at radius 2 is 2.42 bits per heavy atom. The van der Waals surface area contributed by atoms with Gasteiger partial charge in [-0.1, -0.05) is 0 Å². The molecule has 0 radical (unpaired) electrons. The van der Waals surface area contributed by atoms with E-state index in [1.165, 1.54) is 0 Å². The first-order valence-electron chi connectivity index (χ1n) is 4.64. The van der Waals surface area contributed by atoms with Crippen LogP contribution in [-0.2, 0) is 4.79 Å². The average Bonchev–Trinajstić information content (AvgIpc) is 2.03. The summed E-state index contributed by atoms with van der Waals surface area (Å²) >= 11 is 0. The molecule has 1 aliphatic heterocycles. The summed E-state index contributed by atoms with van der Waals surface area (Å²) in [5.41, 5.74) is 0. The summed E-state index contributed by atoms with van der Waals surface area (Å²) in [7, 11) is 0. The Balaban J connectivity index is 2.24. The Labute approximate surface area is 74.1 Å². The van der Waals surface area contributed by atoms with E-state index < -0.39 is 0 Å². The lowest BCUT2D eigenvalue weighted by atomic mass is 10.2. The molecule has 1 saturated heterocycles. The van der Waals surface area contributed by atoms with Crippen molar-refractivity contribution in [2.75, 3.05) is 26.2 Å². The summed E-state index contributed by atoms with van der Waals surface area (Å²) in [6, 6.07) is 0.582. The van der Waals surface area contributed by atoms with Crippen molar-refractivity contribution in [2.24, 2.45) is 0 Å². The number of hydrogen-bond acceptors (Lipinski definition) is 3. The Bertz CT molecular complexity index is 159. The quantitative estimate of drug-likeness (QED) is 0.659. The number of carbonyl (C=O) groups excluding carboxylic acids is 1. The van der Waals surface area contributed by atoms with Gasteiger partial charge in [0.15, 0.2) is 0 Å². The third-order valence-electron chi connectivity index (χ3n) is 2.39. The van der Waals surface area contributed by atoms with Crippen LogP contribution in [0.25, 0.3) is 0 Å². The fraction of sp³-hybridized carbons (Fsp3) is 0.889. The van der Waals surface area contributed by atoms with E-state index in [1.54, 1.807) is 6.92 Å². The third-order valence-corrected chi connectivity index (χ3v) is 2.39. The zero-order valence-electron chi connectivity index (χ0n) is 7.97. The number of piperazine rings is 1. The van der Waals surface area contributed by atoms with Crippen molar-refractivity contribution in [1.29, 1.82) is 0 Å². The maximum absolute atomic E-state index is 10.8. The van der Waals surface area contributed by atoms with E-state index in [1.807, 2.05) is 0 Å². The normalized spacial score (nSPS) is 25.7. The van der Waals surface area contributed by atoms with Gasteiger partial charge in [-0.05, 0) is 13.8 Å². The second-order valence-corrected chi connectivity index (χ2v) is 3.54. The highest BCUT2D eigenvalue weighted by Crippen LogP contribution is 2.02. The van der Waals surface area contributed by atoms with E-state index in [9.17, 15) is 4.79 Å². The van der Waals surface area contributed by atoms with Crippen LogP contribution in [0.4, 0.5) is 0 Å². The maximum atomic E-state index is 10.8. The minimum Gasteiger partial charge on any atom is -0.314 e. The standard InChI is InChI=1S/C9H18N2O/c1-8-7-10-4-6-11(8)5-3-9(2)12/h8,10H,3-7H2,1-2H3. The van der Waals surface area contributed by atoms with Crippen LogP contribution < -0.4 is 5.32 Å². The highest BCUT2D eigenvalue weighted by Gasteiger charge is 2.17. The van der Waals surface area contributed by atoms with Gasteiger partial charge in [0, 0.05) is 38.6 Å². The van der Waals surface area contributed by atoms with Gasteiger partial charge in [-0.2, -0.15) is 0 Å². The molecule has 0 aromatic heterocycles. The van der Waals surface area contributed by atoms with Crippen molar-refractivity contribution in [3.8, 4) is 0 Å². The molecule has 0 spiro atoms. The van der Waals surface area contributed by atoms with Gasteiger partial charge in [-0.15, -0.1) is 0 Å². The lowest BCUT2D eigenvalue weighted by Gasteiger charge is -2.33. The monoisotopic (exact) mass is 170 g/mol. The van der Waals surface area contributed by atoms with E-state index in [0.717, 1.165) is 26.2 Å². The van der Waals surface area contributed by atoms with E-state index in [-0.39, 0.29) is 0 Å². The first-order valence-corrected chi connectivity index (χ1v) is 4.64. The Morgan fingerprint density at radius 3 is 3.00 bits per heavy atom. The lowest BCUT2D eigenvalue weighted by molar-refractivity contribution is -0.117. The van der Waals surface area contributed by atoms with Gasteiger partial charge in [-0.3, -0.25) is 9.69 Å². The van der Waals surface area contributed by atoms with Crippen LogP contribution in [0, 0.1) is 0 Å². The molecule has 1 heterocycles. The van der Waals surface area contributed by atoms with Crippen LogP contribution in [0.3, 0.4) is 0 Å². The number of ketones is 1. The highest BCUT2D eigenvalue weighted by atomic mass is 16.1. The molecule has 1 atom stereocenters. The molecule has 12 heavy (non-hydrogen) atoms. The summed E-state index contributed by atoms with van der Waals surface area (Å²) in [6.45, 7) is 7.98. The molecule has 0 aromatic rings. The molecule has 0 bridgehead atoms. The molecule has 0 aromatic carbocycles. The minimum absolute atomic E-state index is 0.292. The molecule has 0 amide bonds. The first kappa shape index (κ1) is 9.68. The summed E-state index contributed by atoms with van der Waals surface area (Å²) in [4.78, 5) is 13.1. The van der Waals surface area contributed by atoms with Gasteiger partial charge in [0.2, 0.25) is 0 Å². The molecule has 1 fully saturated rings. The molecular weight excluding hydrogens is 152 g/mol. The van der Waals surface area contributed by atoms with Crippen LogP contribution in [0.15, 0.2) is 0 Å². The molecule has 1 N–H and O–H groups in total. The van der Waals surface area contributed by atoms with Crippen molar-refractivity contribution in [3.63, 3.8) is 0 Å². The number of rotatable bonds is 3. The maximum Gasteiger partial charge on any atom is 0.131 e. The third kappa shape index (κ3) is 2.91. The van der Waals surface area contributed by atoms with E-state index >= 15 is 0 Å². The summed E-state index contributed by atoms with van der Waals surface area (Å²) < 4.78 is 0. The number of nitrogens with zero attached hydrogens (tertiary/aromatic N) is 1. The van der Waals surface area contributed by atoms with Crippen LogP contribution in [0.2, 0.25) is 0 Å². The lowest BCUT2D eigenvalue weighted by Crippen LogP contribution is -2.50. The zero-order valence-corrected chi connectivity index (χ0v) is 7.97. The van der Waals surface area contributed by atoms with E-state index in [4.69, 9.17) is 0 Å². The Morgan fingerprint density at radius 1 is 1.67 bits per heavy atom. The number of carbonyl (C=O) groups is 1. The van der Waals surface area contributed by atoms with Crippen LogP contribution >= 0.6 is 0 Å². The van der Waals surface area contributed by atoms with E-state index in [2.05, 4.69) is 17.1 Å².